The van der Waals surface area contributed by atoms with Crippen molar-refractivity contribution in [1.82, 2.24) is 25.1 Å². The molecule has 6 heteroatoms. The van der Waals surface area contributed by atoms with Gasteiger partial charge in [0.15, 0.2) is 0 Å². The van der Waals surface area contributed by atoms with Crippen molar-refractivity contribution in [3.63, 3.8) is 0 Å². The van der Waals surface area contributed by atoms with Gasteiger partial charge in [-0.15, -0.1) is 11.3 Å². The molecule has 0 unspecified atom stereocenters. The van der Waals surface area contributed by atoms with Gasteiger partial charge in [-0.25, -0.2) is 4.98 Å². The first-order valence-electron chi connectivity index (χ1n) is 9.28. The molecule has 2 N–H and O–H groups in total. The summed E-state index contributed by atoms with van der Waals surface area (Å²) < 4.78 is 0. The van der Waals surface area contributed by atoms with Crippen LogP contribution in [0.5, 0.6) is 0 Å². The number of benzene rings is 1. The largest absolute Gasteiger partial charge is 0.353 e. The molecule has 0 saturated carbocycles. The molecule has 0 aliphatic carbocycles. The van der Waals surface area contributed by atoms with E-state index in [0.717, 1.165) is 39.2 Å². The van der Waals surface area contributed by atoms with Gasteiger partial charge in [0.1, 0.15) is 11.2 Å². The Hall–Kier alpha value is -3.77. The Kier molecular flexibility index (Phi) is 3.57. The first kappa shape index (κ1) is 16.2. The average Bonchev–Trinajstić information content (AvgIpc) is 3.52. The maximum absolute atomic E-state index is 4.87. The number of aromatic amines is 2. The van der Waals surface area contributed by atoms with Crippen molar-refractivity contribution >= 4 is 33.3 Å². The Morgan fingerprint density at radius 3 is 2.76 bits per heavy atom. The highest BCUT2D eigenvalue weighted by Gasteiger charge is 2.15. The molecule has 0 amide bonds. The first-order valence-corrected chi connectivity index (χ1v) is 10.2. The Balaban J connectivity index is 1.53. The molecule has 5 aromatic heterocycles. The minimum absolute atomic E-state index is 0.819. The first-order chi connectivity index (χ1) is 14.4. The molecule has 0 spiro atoms. The zero-order chi connectivity index (χ0) is 19.2. The Morgan fingerprint density at radius 2 is 1.90 bits per heavy atom. The molecule has 138 valence electrons. The van der Waals surface area contributed by atoms with Gasteiger partial charge >= 0.3 is 0 Å². The summed E-state index contributed by atoms with van der Waals surface area (Å²) in [5, 5.41) is 11.0. The van der Waals surface area contributed by atoms with Crippen LogP contribution in [0.2, 0.25) is 0 Å². The van der Waals surface area contributed by atoms with E-state index in [9.17, 15) is 0 Å². The summed E-state index contributed by atoms with van der Waals surface area (Å²) in [6.45, 7) is 0. The van der Waals surface area contributed by atoms with Crippen LogP contribution in [0.4, 0.5) is 0 Å². The van der Waals surface area contributed by atoms with Gasteiger partial charge in [-0.2, -0.15) is 5.10 Å². The molecular weight excluding hydrogens is 378 g/mol. The minimum atomic E-state index is 0.819. The third-order valence-corrected chi connectivity index (χ3v) is 5.97. The second-order valence-corrected chi connectivity index (χ2v) is 7.78. The quantitative estimate of drug-likeness (QED) is 0.393. The van der Waals surface area contributed by atoms with E-state index < -0.39 is 0 Å². The van der Waals surface area contributed by atoms with E-state index in [2.05, 4.69) is 61.9 Å². The lowest BCUT2D eigenvalue weighted by Gasteiger charge is -2.00. The highest BCUT2D eigenvalue weighted by atomic mass is 32.1. The van der Waals surface area contributed by atoms with E-state index >= 15 is 0 Å². The molecule has 5 heterocycles. The Morgan fingerprint density at radius 1 is 0.897 bits per heavy atom. The topological polar surface area (TPSA) is 70.2 Å². The van der Waals surface area contributed by atoms with Gasteiger partial charge in [-0.3, -0.25) is 10.1 Å². The maximum Gasteiger partial charge on any atom is 0.135 e. The summed E-state index contributed by atoms with van der Waals surface area (Å²) in [6.07, 6.45) is 3.59. The SMILES string of the molecule is c1cncc(-c2ccc3[nH]nc(-c4cc5c(-c6cccs6)cccc5[nH]4)c3n2)c1. The van der Waals surface area contributed by atoms with Crippen LogP contribution in [-0.4, -0.2) is 25.1 Å². The number of hydrogen-bond acceptors (Lipinski definition) is 4. The Labute approximate surface area is 170 Å². The monoisotopic (exact) mass is 393 g/mol. The zero-order valence-corrected chi connectivity index (χ0v) is 16.1. The summed E-state index contributed by atoms with van der Waals surface area (Å²) in [5.74, 6) is 0. The van der Waals surface area contributed by atoms with Crippen LogP contribution in [0.1, 0.15) is 0 Å². The number of hydrogen-bond donors (Lipinski definition) is 2. The predicted molar refractivity (Wildman–Crippen MR) is 118 cm³/mol. The van der Waals surface area contributed by atoms with Crippen molar-refractivity contribution in [3.05, 3.63) is 78.4 Å². The van der Waals surface area contributed by atoms with Gasteiger partial charge in [0.25, 0.3) is 0 Å². The molecule has 0 radical (unpaired) electrons. The number of thiophene rings is 1. The van der Waals surface area contributed by atoms with Gasteiger partial charge < -0.3 is 4.98 Å². The van der Waals surface area contributed by atoms with Crippen LogP contribution in [0.25, 0.3) is 55.0 Å². The number of nitrogens with one attached hydrogen (secondary N) is 2. The van der Waals surface area contributed by atoms with E-state index in [-0.39, 0.29) is 0 Å². The van der Waals surface area contributed by atoms with Crippen LogP contribution >= 0.6 is 11.3 Å². The summed E-state index contributed by atoms with van der Waals surface area (Å²) in [5.41, 5.74) is 7.70. The van der Waals surface area contributed by atoms with Gasteiger partial charge in [0.05, 0.1) is 16.9 Å². The molecule has 0 atom stereocenters. The molecular formula is C23H15N5S. The minimum Gasteiger partial charge on any atom is -0.353 e. The number of fused-ring (bicyclic) bond motifs is 2. The molecule has 0 aliphatic heterocycles. The van der Waals surface area contributed by atoms with Crippen LogP contribution < -0.4 is 0 Å². The van der Waals surface area contributed by atoms with E-state index in [4.69, 9.17) is 4.98 Å². The molecule has 5 nitrogen and oxygen atoms in total. The van der Waals surface area contributed by atoms with Crippen molar-refractivity contribution in [2.24, 2.45) is 0 Å². The van der Waals surface area contributed by atoms with E-state index in [1.807, 2.05) is 30.5 Å². The third-order valence-electron chi connectivity index (χ3n) is 5.07. The summed E-state index contributed by atoms with van der Waals surface area (Å²) in [7, 11) is 0. The molecule has 29 heavy (non-hydrogen) atoms. The maximum atomic E-state index is 4.87. The second kappa shape index (κ2) is 6.39. The molecule has 0 bridgehead atoms. The fourth-order valence-corrected chi connectivity index (χ4v) is 4.46. The van der Waals surface area contributed by atoms with Crippen LogP contribution in [0.15, 0.2) is 78.4 Å². The summed E-state index contributed by atoms with van der Waals surface area (Å²) >= 11 is 1.75. The number of rotatable bonds is 3. The fourth-order valence-electron chi connectivity index (χ4n) is 3.69. The molecule has 6 aromatic rings. The lowest BCUT2D eigenvalue weighted by Crippen LogP contribution is -1.86. The molecule has 6 rings (SSSR count). The molecule has 0 aliphatic rings. The normalized spacial score (nSPS) is 11.4. The van der Waals surface area contributed by atoms with Gasteiger partial charge in [-0.05, 0) is 47.8 Å². The lowest BCUT2D eigenvalue weighted by atomic mass is 10.1. The third kappa shape index (κ3) is 2.65. The predicted octanol–water partition coefficient (Wildman–Crippen LogP) is 5.90. The fraction of sp³-hybridized carbons (Fsp3) is 0. The van der Waals surface area contributed by atoms with Gasteiger partial charge in [0.2, 0.25) is 0 Å². The van der Waals surface area contributed by atoms with Crippen LogP contribution in [0, 0.1) is 0 Å². The number of H-pyrrole nitrogens is 2. The number of aromatic nitrogens is 5. The van der Waals surface area contributed by atoms with E-state index in [1.54, 1.807) is 17.5 Å². The number of nitrogens with zero attached hydrogens (tertiary/aromatic N) is 3. The van der Waals surface area contributed by atoms with Crippen molar-refractivity contribution in [3.8, 4) is 33.1 Å². The summed E-state index contributed by atoms with van der Waals surface area (Å²) in [4.78, 5) is 13.9. The molecule has 0 saturated heterocycles. The molecule has 1 aromatic carbocycles. The van der Waals surface area contributed by atoms with Crippen molar-refractivity contribution in [2.75, 3.05) is 0 Å². The standard InChI is InChI=1S/C23H15N5S/c1-5-15(21-7-3-11-29-21)16-12-20(25-18(16)6-1)23-22-19(27-28-23)9-8-17(26-22)14-4-2-10-24-13-14/h1-13,25H,(H,27,28). The highest BCUT2D eigenvalue weighted by Crippen LogP contribution is 2.35. The summed E-state index contributed by atoms with van der Waals surface area (Å²) in [6, 6.07) is 20.7. The van der Waals surface area contributed by atoms with E-state index in [1.165, 1.54) is 15.8 Å². The van der Waals surface area contributed by atoms with Crippen molar-refractivity contribution in [2.45, 2.75) is 0 Å². The van der Waals surface area contributed by atoms with Crippen LogP contribution in [-0.2, 0) is 0 Å². The van der Waals surface area contributed by atoms with Crippen molar-refractivity contribution in [1.29, 1.82) is 0 Å². The molecule has 0 fully saturated rings. The zero-order valence-electron chi connectivity index (χ0n) is 15.3. The average molecular weight is 393 g/mol. The highest BCUT2D eigenvalue weighted by molar-refractivity contribution is 7.13. The van der Waals surface area contributed by atoms with Gasteiger partial charge in [-0.1, -0.05) is 18.2 Å². The van der Waals surface area contributed by atoms with Crippen molar-refractivity contribution < 1.29 is 0 Å². The van der Waals surface area contributed by atoms with Gasteiger partial charge in [0, 0.05) is 39.3 Å². The Bertz CT molecular complexity index is 1450. The van der Waals surface area contributed by atoms with E-state index in [0.29, 0.717) is 0 Å². The number of pyridine rings is 2. The van der Waals surface area contributed by atoms with Crippen LogP contribution in [0.3, 0.4) is 0 Å². The second-order valence-electron chi connectivity index (χ2n) is 6.83. The lowest BCUT2D eigenvalue weighted by molar-refractivity contribution is 1.12. The smallest absolute Gasteiger partial charge is 0.135 e.